The molecule has 0 aromatic carbocycles. The van der Waals surface area contributed by atoms with Crippen molar-refractivity contribution in [2.24, 2.45) is 29.6 Å². The van der Waals surface area contributed by atoms with Gasteiger partial charge in [-0.05, 0) is 111 Å². The van der Waals surface area contributed by atoms with Crippen LogP contribution in [0.15, 0.2) is 36.5 Å². The molecule has 1 N–H and O–H groups in total. The highest BCUT2D eigenvalue weighted by Crippen LogP contribution is 2.54. The van der Waals surface area contributed by atoms with Gasteiger partial charge in [0.1, 0.15) is 18.3 Å². The summed E-state index contributed by atoms with van der Waals surface area (Å²) in [6, 6.07) is 3.50. The fourth-order valence-corrected chi connectivity index (χ4v) is 15.1. The van der Waals surface area contributed by atoms with E-state index in [4.69, 9.17) is 37.6 Å². The van der Waals surface area contributed by atoms with Gasteiger partial charge in [0.2, 0.25) is 0 Å². The van der Waals surface area contributed by atoms with E-state index in [2.05, 4.69) is 73.8 Å². The molecule has 4 unspecified atom stereocenters. The minimum atomic E-state index is -1.66. The Bertz CT molecular complexity index is 1460. The predicted octanol–water partition coefficient (Wildman–Crippen LogP) is 9.22. The van der Waals surface area contributed by atoms with E-state index in [1.54, 1.807) is 0 Å². The molecule has 328 valence electrons. The Morgan fingerprint density at radius 3 is 2.26 bits per heavy atom. The maximum absolute atomic E-state index is 11.7. The number of hydrogen-bond acceptors (Lipinski definition) is 9. The van der Waals surface area contributed by atoms with Crippen LogP contribution in [0, 0.1) is 29.6 Å². The highest BCUT2D eigenvalue weighted by molar-refractivity contribution is 6.73. The van der Waals surface area contributed by atoms with Crippen molar-refractivity contribution in [1.29, 1.82) is 0 Å². The third-order valence-electron chi connectivity index (χ3n) is 16.5. The number of ether oxygens (including phenoxy) is 7. The summed E-state index contributed by atoms with van der Waals surface area (Å²) in [5, 5.41) is 11.7. The molecule has 11 bridgehead atoms. The van der Waals surface area contributed by atoms with Gasteiger partial charge in [0.25, 0.3) is 0 Å². The first-order valence-electron chi connectivity index (χ1n) is 23.8. The van der Waals surface area contributed by atoms with Crippen LogP contribution >= 0.6 is 0 Å². The molecule has 0 saturated carbocycles. The molecule has 8 fully saturated rings. The maximum atomic E-state index is 11.7. The number of fused-ring (bicyclic) bond motifs is 6. The summed E-state index contributed by atoms with van der Waals surface area (Å²) >= 11 is 0. The predicted molar refractivity (Wildman–Crippen MR) is 228 cm³/mol. The zero-order chi connectivity index (χ0) is 40.9. The quantitative estimate of drug-likeness (QED) is 0.190. The van der Waals surface area contributed by atoms with Crippen LogP contribution in [0.4, 0.5) is 0 Å². The van der Waals surface area contributed by atoms with E-state index < -0.39 is 20.2 Å². The summed E-state index contributed by atoms with van der Waals surface area (Å²) in [6.45, 7) is 26.0. The maximum Gasteiger partial charge on any atom is 0.191 e. The number of rotatable bonds is 8. The van der Waals surface area contributed by atoms with Gasteiger partial charge < -0.3 is 42.7 Å². The Labute approximate surface area is 351 Å². The molecule has 9 aliphatic heterocycles. The Balaban J connectivity index is 0.996. The van der Waals surface area contributed by atoms with Gasteiger partial charge >= 0.3 is 0 Å². The molecule has 9 rings (SSSR count). The van der Waals surface area contributed by atoms with Crippen LogP contribution in [0.3, 0.4) is 0 Å². The zero-order valence-electron chi connectivity index (χ0n) is 37.0. The Kier molecular flexibility index (Phi) is 13.6. The lowest BCUT2D eigenvalue weighted by molar-refractivity contribution is -0.262. The van der Waals surface area contributed by atoms with E-state index in [9.17, 15) is 5.11 Å². The first-order chi connectivity index (χ1) is 27.8. The van der Waals surface area contributed by atoms with Crippen molar-refractivity contribution in [1.82, 2.24) is 0 Å². The first kappa shape index (κ1) is 43.7. The molecule has 19 atom stereocenters. The van der Waals surface area contributed by atoms with E-state index >= 15 is 0 Å². The average molecular weight is 827 g/mol. The number of hydrogen-bond donors (Lipinski definition) is 1. The second-order valence-electron chi connectivity index (χ2n) is 20.3. The van der Waals surface area contributed by atoms with E-state index in [-0.39, 0.29) is 85.1 Å². The monoisotopic (exact) mass is 827 g/mol. The third-order valence-corrected chi connectivity index (χ3v) is 21.1. The summed E-state index contributed by atoms with van der Waals surface area (Å²) in [7, 11) is -1.66. The zero-order valence-corrected chi connectivity index (χ0v) is 38.0. The summed E-state index contributed by atoms with van der Waals surface area (Å²) in [5.74, 6) is 0.798. The van der Waals surface area contributed by atoms with Gasteiger partial charge in [-0.15, -0.1) is 0 Å². The molecule has 0 aromatic heterocycles. The van der Waals surface area contributed by atoms with E-state index in [0.717, 1.165) is 70.8 Å². The lowest BCUT2D eigenvalue weighted by Crippen LogP contribution is -2.54. The molecular formula is C48H78O9Si. The van der Waals surface area contributed by atoms with Crippen molar-refractivity contribution >= 4 is 8.32 Å². The van der Waals surface area contributed by atoms with Gasteiger partial charge in [0, 0.05) is 31.8 Å². The van der Waals surface area contributed by atoms with Gasteiger partial charge in [-0.3, -0.25) is 0 Å². The van der Waals surface area contributed by atoms with Crippen molar-refractivity contribution in [2.75, 3.05) is 6.61 Å². The summed E-state index contributed by atoms with van der Waals surface area (Å²) in [4.78, 5) is 0. The second-order valence-corrected chi connectivity index (χ2v) is 25.1. The van der Waals surface area contributed by atoms with E-state index in [1.165, 1.54) is 29.3 Å². The highest BCUT2D eigenvalue weighted by Gasteiger charge is 2.67. The molecule has 9 heterocycles. The van der Waals surface area contributed by atoms with Crippen LogP contribution in [0.5, 0.6) is 0 Å². The van der Waals surface area contributed by atoms with Crippen LogP contribution in [0.2, 0.25) is 18.1 Å². The molecule has 0 amide bonds. The number of aliphatic hydroxyl groups is 1. The molecule has 0 radical (unpaired) electrons. The summed E-state index contributed by atoms with van der Waals surface area (Å²) < 4.78 is 54.8. The van der Waals surface area contributed by atoms with Crippen LogP contribution < -0.4 is 0 Å². The fourth-order valence-electron chi connectivity index (χ4n) is 12.4. The average Bonchev–Trinajstić information content (AvgIpc) is 3.87. The van der Waals surface area contributed by atoms with Crippen LogP contribution in [-0.4, -0.2) is 105 Å². The smallest absolute Gasteiger partial charge is 0.191 e. The minimum absolute atomic E-state index is 0.00348. The molecule has 9 nitrogen and oxygen atoms in total. The molecule has 0 aliphatic carbocycles. The van der Waals surface area contributed by atoms with Crippen molar-refractivity contribution in [2.45, 2.75) is 229 Å². The molecular weight excluding hydrogens is 749 g/mol. The lowest BCUT2D eigenvalue weighted by atomic mass is 9.78. The summed E-state index contributed by atoms with van der Waals surface area (Å²) in [5.41, 5.74) is 2.37. The standard InChI is InChI=1S/C48H78O9Si/c1-10-58(11-2,12-3)50-27-28(4)21-40-32(8)37-24-34(49)15-13-14-16-39-33(9)44-46-47(54-39)45-43(55-46)26-48(56-44,57-45)20-19-36-23-30(6)38(51-36)18-17-35-22-29(5)31(7)41(52-35)25-42(37)53-40/h13-14,28-29,32-47,49H,6-7,10-12,15-27H2,1-5,8-9H3/b14-13+/t28-,29+,32+,33?,34?,35-,36-,37+,38?,39-,40+,41+,42?,43+,44-,45-,46-,47-,48+/m0/s1. The molecule has 0 aromatic rings. The Morgan fingerprint density at radius 2 is 1.48 bits per heavy atom. The fraction of sp³-hybridized carbons (Fsp3) is 0.875. The molecule has 10 heteroatoms. The Hall–Kier alpha value is -0.923. The number of aliphatic hydroxyl groups excluding tert-OH is 1. The van der Waals surface area contributed by atoms with Gasteiger partial charge in [0.15, 0.2) is 14.1 Å². The van der Waals surface area contributed by atoms with Gasteiger partial charge in [-0.2, -0.15) is 0 Å². The first-order valence-corrected chi connectivity index (χ1v) is 26.3. The summed E-state index contributed by atoms with van der Waals surface area (Å²) in [6.07, 6.45) is 13.8. The molecule has 58 heavy (non-hydrogen) atoms. The van der Waals surface area contributed by atoms with Crippen LogP contribution in [0.25, 0.3) is 0 Å². The lowest BCUT2D eigenvalue weighted by Gasteiger charge is -2.42. The Morgan fingerprint density at radius 1 is 0.776 bits per heavy atom. The van der Waals surface area contributed by atoms with Crippen molar-refractivity contribution in [3.8, 4) is 0 Å². The van der Waals surface area contributed by atoms with E-state index in [1.807, 2.05) is 0 Å². The van der Waals surface area contributed by atoms with Gasteiger partial charge in [-0.1, -0.05) is 73.8 Å². The molecule has 9 aliphatic rings. The second kappa shape index (κ2) is 18.1. The normalized spacial score (nSPS) is 48.2. The largest absolute Gasteiger partial charge is 0.417 e. The van der Waals surface area contributed by atoms with Gasteiger partial charge in [0.05, 0.1) is 61.0 Å². The minimum Gasteiger partial charge on any atom is -0.417 e. The van der Waals surface area contributed by atoms with Crippen molar-refractivity contribution in [3.05, 3.63) is 36.5 Å². The highest BCUT2D eigenvalue weighted by atomic mass is 28.4. The van der Waals surface area contributed by atoms with Gasteiger partial charge in [-0.25, -0.2) is 0 Å². The topological polar surface area (TPSA) is 94.1 Å². The molecule has 8 saturated heterocycles. The third kappa shape index (κ3) is 8.83. The van der Waals surface area contributed by atoms with Crippen LogP contribution in [0.1, 0.15) is 126 Å². The SMILES string of the molecule is C=C1C[C@@H]2CC[C@@]34C[C@H]5O[C@@H]6[C@@H](O[C@@H](C/C=C/CC(O)C[C@H]7C(C[C@H]8O[C@@H](CCC1O2)C[C@@H](C)C8=C)O[C@H](C[C@H](C)CO[Si](CC)(CC)CC)[C@@H]7C)C(C)[C@@H]6O3)[C@H]5O4. The van der Waals surface area contributed by atoms with E-state index in [0.29, 0.717) is 30.6 Å². The molecule has 1 spiro atoms. The van der Waals surface area contributed by atoms with Crippen molar-refractivity contribution in [3.63, 3.8) is 0 Å². The van der Waals surface area contributed by atoms with Crippen molar-refractivity contribution < 1.29 is 42.7 Å². The van der Waals surface area contributed by atoms with Crippen LogP contribution in [-0.2, 0) is 37.6 Å².